The second kappa shape index (κ2) is 5.29. The minimum atomic E-state index is -0.366. The van der Waals surface area contributed by atoms with Crippen LogP contribution in [0.3, 0.4) is 0 Å². The second-order valence-electron chi connectivity index (χ2n) is 1.96. The monoisotopic (exact) mass is 161 g/mol. The largest absolute Gasteiger partial charge is 0.347 e. The highest BCUT2D eigenvalue weighted by molar-refractivity contribution is 7.80. The average molecular weight is 161 g/mol. The van der Waals surface area contributed by atoms with Gasteiger partial charge in [-0.3, -0.25) is 4.79 Å². The molecule has 0 saturated heterocycles. The molecule has 0 aromatic rings. The van der Waals surface area contributed by atoms with E-state index < -0.39 is 0 Å². The summed E-state index contributed by atoms with van der Waals surface area (Å²) in [5.74, 6) is 0.419. The van der Waals surface area contributed by atoms with E-state index in [4.69, 9.17) is 0 Å². The van der Waals surface area contributed by atoms with Crippen LogP contribution in [0.1, 0.15) is 13.3 Å². The van der Waals surface area contributed by atoms with Gasteiger partial charge in [-0.1, -0.05) is 0 Å². The van der Waals surface area contributed by atoms with Gasteiger partial charge in [0.15, 0.2) is 0 Å². The van der Waals surface area contributed by atoms with Crippen molar-refractivity contribution in [2.24, 2.45) is 0 Å². The van der Waals surface area contributed by atoms with E-state index in [0.717, 1.165) is 6.29 Å². The minimum absolute atomic E-state index is 0.182. The molecule has 0 spiro atoms. The molecule has 0 aromatic carbocycles. The van der Waals surface area contributed by atoms with Crippen LogP contribution < -0.4 is 5.32 Å². The Hall–Kier alpha value is -0.510. The maximum absolute atomic E-state index is 10.4. The molecule has 10 heavy (non-hydrogen) atoms. The molecule has 1 amide bonds. The fourth-order valence-electron chi connectivity index (χ4n) is 0.574. The first kappa shape index (κ1) is 9.49. The van der Waals surface area contributed by atoms with Gasteiger partial charge < -0.3 is 10.1 Å². The lowest BCUT2D eigenvalue weighted by atomic mass is 10.2. The lowest BCUT2D eigenvalue weighted by Crippen LogP contribution is -2.34. The summed E-state index contributed by atoms with van der Waals surface area (Å²) in [6.45, 7) is 1.38. The van der Waals surface area contributed by atoms with Crippen LogP contribution >= 0.6 is 12.6 Å². The first-order chi connectivity index (χ1) is 4.70. The summed E-state index contributed by atoms with van der Waals surface area (Å²) in [4.78, 5) is 20.6. The van der Waals surface area contributed by atoms with Crippen molar-refractivity contribution >= 4 is 24.8 Å². The van der Waals surface area contributed by atoms with Gasteiger partial charge in [0.1, 0.15) is 6.29 Å². The third-order valence-electron chi connectivity index (χ3n) is 0.993. The highest BCUT2D eigenvalue weighted by atomic mass is 32.1. The van der Waals surface area contributed by atoms with Crippen LogP contribution in [0.5, 0.6) is 0 Å². The van der Waals surface area contributed by atoms with E-state index in [0.29, 0.717) is 12.2 Å². The summed E-state index contributed by atoms with van der Waals surface area (Å²) in [7, 11) is 0. The van der Waals surface area contributed by atoms with Crippen molar-refractivity contribution in [2.45, 2.75) is 19.4 Å². The van der Waals surface area contributed by atoms with Gasteiger partial charge in [0.25, 0.3) is 0 Å². The summed E-state index contributed by atoms with van der Waals surface area (Å²) >= 11 is 3.93. The quantitative estimate of drug-likeness (QED) is 0.450. The summed E-state index contributed by atoms with van der Waals surface area (Å²) in [6.07, 6.45) is 1.31. The zero-order chi connectivity index (χ0) is 7.98. The molecule has 0 unspecified atom stereocenters. The normalized spacial score (nSPS) is 12.2. The fourth-order valence-corrected chi connectivity index (χ4v) is 0.853. The van der Waals surface area contributed by atoms with Crippen molar-refractivity contribution in [1.29, 1.82) is 0 Å². The Morgan fingerprint density at radius 2 is 2.40 bits per heavy atom. The van der Waals surface area contributed by atoms with Gasteiger partial charge in [-0.2, -0.15) is 12.6 Å². The Labute approximate surface area is 65.6 Å². The van der Waals surface area contributed by atoms with E-state index >= 15 is 0 Å². The second-order valence-corrected chi connectivity index (χ2v) is 2.40. The summed E-state index contributed by atoms with van der Waals surface area (Å²) in [6, 6.07) is -0.366. The smallest absolute Gasteiger partial charge is 0.217 e. The first-order valence-electron chi connectivity index (χ1n) is 3.04. The number of carbonyl (C=O) groups excluding carboxylic acids is 2. The lowest BCUT2D eigenvalue weighted by Gasteiger charge is -2.07. The zero-order valence-electron chi connectivity index (χ0n) is 5.83. The number of hydrogen-bond donors (Lipinski definition) is 2. The number of carbonyl (C=O) groups is 2. The van der Waals surface area contributed by atoms with E-state index in [1.54, 1.807) is 0 Å². The molecule has 0 aromatic heterocycles. The Kier molecular flexibility index (Phi) is 5.02. The Balaban J connectivity index is 3.59. The molecule has 0 bridgehead atoms. The van der Waals surface area contributed by atoms with Crippen LogP contribution in [0.4, 0.5) is 0 Å². The number of hydrogen-bond acceptors (Lipinski definition) is 3. The summed E-state index contributed by atoms with van der Waals surface area (Å²) in [5.41, 5.74) is 0. The molecule has 0 fully saturated rings. The van der Waals surface area contributed by atoms with Gasteiger partial charge in [-0.05, 0) is 12.2 Å². The molecule has 3 nitrogen and oxygen atoms in total. The zero-order valence-corrected chi connectivity index (χ0v) is 6.73. The van der Waals surface area contributed by atoms with Gasteiger partial charge in [0.05, 0.1) is 6.04 Å². The van der Waals surface area contributed by atoms with Crippen molar-refractivity contribution in [2.75, 3.05) is 5.75 Å². The number of nitrogens with one attached hydrogen (secondary N) is 1. The number of amides is 1. The predicted molar refractivity (Wildman–Crippen MR) is 42.1 cm³/mol. The lowest BCUT2D eigenvalue weighted by molar-refractivity contribution is -0.122. The van der Waals surface area contributed by atoms with E-state index in [1.165, 1.54) is 6.92 Å². The molecule has 1 N–H and O–H groups in total. The van der Waals surface area contributed by atoms with E-state index in [1.807, 2.05) is 0 Å². The highest BCUT2D eigenvalue weighted by Crippen LogP contribution is 1.89. The molecule has 0 aliphatic heterocycles. The van der Waals surface area contributed by atoms with Crippen molar-refractivity contribution in [3.8, 4) is 0 Å². The van der Waals surface area contributed by atoms with Crippen molar-refractivity contribution in [3.05, 3.63) is 0 Å². The highest BCUT2D eigenvalue weighted by Gasteiger charge is 2.05. The number of thiol groups is 1. The Morgan fingerprint density at radius 1 is 1.80 bits per heavy atom. The molecule has 0 aliphatic rings. The van der Waals surface area contributed by atoms with Gasteiger partial charge in [-0.15, -0.1) is 0 Å². The van der Waals surface area contributed by atoms with Crippen LogP contribution in [0.2, 0.25) is 0 Å². The van der Waals surface area contributed by atoms with Gasteiger partial charge in [0, 0.05) is 6.92 Å². The number of rotatable bonds is 4. The molecule has 1 atom stereocenters. The average Bonchev–Trinajstić information content (AvgIpc) is 1.86. The Bertz CT molecular complexity index is 127. The first-order valence-corrected chi connectivity index (χ1v) is 3.67. The van der Waals surface area contributed by atoms with E-state index in [2.05, 4.69) is 17.9 Å². The van der Waals surface area contributed by atoms with Crippen LogP contribution in [-0.2, 0) is 9.59 Å². The standard InChI is InChI=1S/C6H11NO2S/c1-5(9)7-6(4-8)2-3-10/h4,6,10H,2-3H2,1H3,(H,7,9)/t6-/m0/s1. The summed E-state index contributed by atoms with van der Waals surface area (Å²) < 4.78 is 0. The van der Waals surface area contributed by atoms with Gasteiger partial charge >= 0.3 is 0 Å². The maximum atomic E-state index is 10.4. The van der Waals surface area contributed by atoms with Crippen LogP contribution in [-0.4, -0.2) is 24.0 Å². The minimum Gasteiger partial charge on any atom is -0.347 e. The molecule has 0 saturated carbocycles. The summed E-state index contributed by atoms with van der Waals surface area (Å²) in [5, 5.41) is 2.47. The molecule has 0 radical (unpaired) electrons. The van der Waals surface area contributed by atoms with Gasteiger partial charge in [0.2, 0.25) is 5.91 Å². The third kappa shape index (κ3) is 4.38. The molecule has 58 valence electrons. The Morgan fingerprint density at radius 3 is 2.70 bits per heavy atom. The van der Waals surface area contributed by atoms with E-state index in [-0.39, 0.29) is 11.9 Å². The molecular formula is C6H11NO2S. The molecule has 4 heteroatoms. The molecular weight excluding hydrogens is 150 g/mol. The van der Waals surface area contributed by atoms with Crippen LogP contribution in [0, 0.1) is 0 Å². The molecule has 0 aliphatic carbocycles. The van der Waals surface area contributed by atoms with Crippen LogP contribution in [0.25, 0.3) is 0 Å². The third-order valence-corrected chi connectivity index (χ3v) is 1.25. The molecule has 0 heterocycles. The number of aldehydes is 1. The van der Waals surface area contributed by atoms with E-state index in [9.17, 15) is 9.59 Å². The fraction of sp³-hybridized carbons (Fsp3) is 0.667. The topological polar surface area (TPSA) is 46.2 Å². The maximum Gasteiger partial charge on any atom is 0.217 e. The SMILES string of the molecule is CC(=O)N[C@H](C=O)CCS. The van der Waals surface area contributed by atoms with Crippen molar-refractivity contribution in [1.82, 2.24) is 5.32 Å². The van der Waals surface area contributed by atoms with Crippen molar-refractivity contribution in [3.63, 3.8) is 0 Å². The molecule has 0 rings (SSSR count). The van der Waals surface area contributed by atoms with Crippen LogP contribution in [0.15, 0.2) is 0 Å². The van der Waals surface area contributed by atoms with Crippen molar-refractivity contribution < 1.29 is 9.59 Å². The predicted octanol–water partition coefficient (Wildman–Crippen LogP) is 0.00990. The van der Waals surface area contributed by atoms with Gasteiger partial charge in [-0.25, -0.2) is 0 Å².